The number of halogens is 1. The van der Waals surface area contributed by atoms with E-state index in [0.717, 1.165) is 11.3 Å². The summed E-state index contributed by atoms with van der Waals surface area (Å²) in [7, 11) is 0. The molecule has 0 radical (unpaired) electrons. The fourth-order valence-electron chi connectivity index (χ4n) is 1.51. The van der Waals surface area contributed by atoms with Gasteiger partial charge in [0.1, 0.15) is 12.4 Å². The van der Waals surface area contributed by atoms with Crippen molar-refractivity contribution in [2.45, 2.75) is 6.61 Å². The van der Waals surface area contributed by atoms with Crippen molar-refractivity contribution < 1.29 is 4.74 Å². The van der Waals surface area contributed by atoms with Crippen LogP contribution in [-0.4, -0.2) is 5.96 Å². The zero-order chi connectivity index (χ0) is 13.7. The topological polar surface area (TPSA) is 73.6 Å². The number of nitrogens with two attached hydrogens (primary N) is 2. The van der Waals surface area contributed by atoms with Gasteiger partial charge in [-0.15, -0.1) is 0 Å². The summed E-state index contributed by atoms with van der Waals surface area (Å²) in [6.45, 7) is 0.485. The van der Waals surface area contributed by atoms with Crippen molar-refractivity contribution >= 4 is 23.2 Å². The summed E-state index contributed by atoms with van der Waals surface area (Å²) in [5.74, 6) is 0.791. The third-order valence-corrected chi connectivity index (χ3v) is 2.67. The van der Waals surface area contributed by atoms with Gasteiger partial charge in [0.25, 0.3) is 0 Å². The van der Waals surface area contributed by atoms with Crippen LogP contribution in [0.3, 0.4) is 0 Å². The van der Waals surface area contributed by atoms with E-state index in [1.54, 1.807) is 12.1 Å². The maximum atomic E-state index is 5.81. The van der Waals surface area contributed by atoms with E-state index in [1.165, 1.54) is 0 Å². The average molecular weight is 276 g/mol. The Morgan fingerprint density at radius 2 is 1.63 bits per heavy atom. The molecule has 2 rings (SSSR count). The minimum atomic E-state index is 0.0369. The third kappa shape index (κ3) is 4.19. The predicted octanol–water partition coefficient (Wildman–Crippen LogP) is 2.82. The highest BCUT2D eigenvalue weighted by Gasteiger charge is 1.97. The number of aliphatic imine (C=N–C) groups is 1. The lowest BCUT2D eigenvalue weighted by Gasteiger charge is -2.06. The molecule has 0 amide bonds. The molecule has 0 aromatic heterocycles. The van der Waals surface area contributed by atoms with E-state index in [0.29, 0.717) is 17.3 Å². The molecule has 0 spiro atoms. The van der Waals surface area contributed by atoms with E-state index in [-0.39, 0.29) is 5.96 Å². The van der Waals surface area contributed by atoms with E-state index in [2.05, 4.69) is 4.99 Å². The molecule has 4 N–H and O–H groups in total. The van der Waals surface area contributed by atoms with Crippen LogP contribution in [0.2, 0.25) is 5.02 Å². The lowest BCUT2D eigenvalue weighted by Crippen LogP contribution is -2.21. The zero-order valence-corrected chi connectivity index (χ0v) is 11.0. The highest BCUT2D eigenvalue weighted by molar-refractivity contribution is 6.30. The molecule has 0 bridgehead atoms. The molecule has 0 aliphatic rings. The third-order valence-electron chi connectivity index (χ3n) is 2.41. The van der Waals surface area contributed by atoms with Crippen LogP contribution in [0.1, 0.15) is 5.56 Å². The molecule has 98 valence electrons. The monoisotopic (exact) mass is 275 g/mol. The van der Waals surface area contributed by atoms with Crippen molar-refractivity contribution in [1.82, 2.24) is 0 Å². The molecule has 4 nitrogen and oxygen atoms in total. The summed E-state index contributed by atoms with van der Waals surface area (Å²) in [5.41, 5.74) is 12.3. The van der Waals surface area contributed by atoms with E-state index in [4.69, 9.17) is 27.8 Å². The number of benzene rings is 2. The lowest BCUT2D eigenvalue weighted by atomic mass is 10.2. The minimum Gasteiger partial charge on any atom is -0.489 e. The normalized spacial score (nSPS) is 9.95. The summed E-state index contributed by atoms with van der Waals surface area (Å²) < 4.78 is 5.64. The van der Waals surface area contributed by atoms with Gasteiger partial charge in [-0.05, 0) is 42.0 Å². The predicted molar refractivity (Wildman–Crippen MR) is 77.7 cm³/mol. The number of nitrogens with zero attached hydrogens (tertiary/aromatic N) is 1. The second-order valence-corrected chi connectivity index (χ2v) is 4.38. The van der Waals surface area contributed by atoms with Gasteiger partial charge in [-0.1, -0.05) is 23.7 Å². The van der Waals surface area contributed by atoms with Crippen molar-refractivity contribution in [3.05, 3.63) is 59.1 Å². The van der Waals surface area contributed by atoms with Gasteiger partial charge in [0.05, 0.1) is 5.69 Å². The molecule has 0 heterocycles. The number of ether oxygens (including phenoxy) is 1. The smallest absolute Gasteiger partial charge is 0.191 e. The summed E-state index contributed by atoms with van der Waals surface area (Å²) in [6, 6.07) is 14.7. The van der Waals surface area contributed by atoms with Crippen molar-refractivity contribution in [3.63, 3.8) is 0 Å². The first-order valence-electron chi connectivity index (χ1n) is 5.70. The van der Waals surface area contributed by atoms with E-state index in [1.807, 2.05) is 36.4 Å². The van der Waals surface area contributed by atoms with Crippen LogP contribution in [-0.2, 0) is 6.61 Å². The molecule has 0 atom stereocenters. The van der Waals surface area contributed by atoms with Gasteiger partial charge in [0, 0.05) is 5.02 Å². The molecule has 0 aliphatic heterocycles. The van der Waals surface area contributed by atoms with Crippen molar-refractivity contribution in [1.29, 1.82) is 0 Å². The minimum absolute atomic E-state index is 0.0369. The maximum absolute atomic E-state index is 5.81. The highest BCUT2D eigenvalue weighted by atomic mass is 35.5. The molecule has 0 aliphatic carbocycles. The van der Waals surface area contributed by atoms with Crippen LogP contribution in [0.25, 0.3) is 0 Å². The second kappa shape index (κ2) is 6.11. The summed E-state index contributed by atoms with van der Waals surface area (Å²) in [6.07, 6.45) is 0. The van der Waals surface area contributed by atoms with Gasteiger partial charge < -0.3 is 16.2 Å². The first-order valence-corrected chi connectivity index (χ1v) is 6.08. The van der Waals surface area contributed by atoms with E-state index < -0.39 is 0 Å². The molecular formula is C14H14ClN3O. The Bertz CT molecular complexity index is 560. The molecule has 2 aromatic carbocycles. The van der Waals surface area contributed by atoms with Crippen LogP contribution in [0.4, 0.5) is 5.69 Å². The fourth-order valence-corrected chi connectivity index (χ4v) is 1.64. The van der Waals surface area contributed by atoms with Gasteiger partial charge in [0.15, 0.2) is 5.96 Å². The Morgan fingerprint density at radius 1 is 1.00 bits per heavy atom. The SMILES string of the molecule is NC(N)=Nc1ccc(OCc2ccc(Cl)cc2)cc1. The van der Waals surface area contributed by atoms with Crippen molar-refractivity contribution in [3.8, 4) is 5.75 Å². The second-order valence-electron chi connectivity index (χ2n) is 3.95. The van der Waals surface area contributed by atoms with Crippen LogP contribution >= 0.6 is 11.6 Å². The summed E-state index contributed by atoms with van der Waals surface area (Å²) in [4.78, 5) is 3.93. The Hall–Kier alpha value is -2.20. The molecule has 0 saturated carbocycles. The first kappa shape index (κ1) is 13.2. The molecule has 19 heavy (non-hydrogen) atoms. The number of hydrogen-bond acceptors (Lipinski definition) is 2. The Balaban J connectivity index is 1.96. The van der Waals surface area contributed by atoms with Crippen LogP contribution in [0, 0.1) is 0 Å². The molecule has 5 heteroatoms. The fraction of sp³-hybridized carbons (Fsp3) is 0.0714. The van der Waals surface area contributed by atoms with Gasteiger partial charge in [-0.2, -0.15) is 0 Å². The number of hydrogen-bond donors (Lipinski definition) is 2. The molecule has 2 aromatic rings. The molecule has 0 saturated heterocycles. The molecule has 0 fully saturated rings. The summed E-state index contributed by atoms with van der Waals surface area (Å²) >= 11 is 5.81. The van der Waals surface area contributed by atoms with Gasteiger partial charge in [-0.25, -0.2) is 4.99 Å². The quantitative estimate of drug-likeness (QED) is 0.666. The Labute approximate surface area is 116 Å². The van der Waals surface area contributed by atoms with Crippen molar-refractivity contribution in [2.75, 3.05) is 0 Å². The van der Waals surface area contributed by atoms with Crippen LogP contribution in [0.15, 0.2) is 53.5 Å². The van der Waals surface area contributed by atoms with Crippen molar-refractivity contribution in [2.24, 2.45) is 16.5 Å². The molecule has 0 unspecified atom stereocenters. The van der Waals surface area contributed by atoms with Crippen LogP contribution < -0.4 is 16.2 Å². The van der Waals surface area contributed by atoms with Crippen LogP contribution in [0.5, 0.6) is 5.75 Å². The molecular weight excluding hydrogens is 262 g/mol. The summed E-state index contributed by atoms with van der Waals surface area (Å²) in [5, 5.41) is 0.713. The van der Waals surface area contributed by atoms with E-state index >= 15 is 0 Å². The zero-order valence-electron chi connectivity index (χ0n) is 10.2. The van der Waals surface area contributed by atoms with Gasteiger partial charge in [-0.3, -0.25) is 0 Å². The highest BCUT2D eigenvalue weighted by Crippen LogP contribution is 2.19. The number of guanidine groups is 1. The number of rotatable bonds is 4. The largest absolute Gasteiger partial charge is 0.489 e. The maximum Gasteiger partial charge on any atom is 0.191 e. The van der Waals surface area contributed by atoms with E-state index in [9.17, 15) is 0 Å². The van der Waals surface area contributed by atoms with Gasteiger partial charge in [0.2, 0.25) is 0 Å². The lowest BCUT2D eigenvalue weighted by molar-refractivity contribution is 0.306. The average Bonchev–Trinajstić information content (AvgIpc) is 2.39. The Morgan fingerprint density at radius 3 is 2.21 bits per heavy atom. The first-order chi connectivity index (χ1) is 9.13. The van der Waals surface area contributed by atoms with Gasteiger partial charge >= 0.3 is 0 Å². The Kier molecular flexibility index (Phi) is 4.26. The standard InChI is InChI=1S/C14H14ClN3O/c15-11-3-1-10(2-4-11)9-19-13-7-5-12(6-8-13)18-14(16)17/h1-8H,9H2,(H4,16,17,18).